The average molecular weight is 344 g/mol. The van der Waals surface area contributed by atoms with Crippen LogP contribution in [0, 0.1) is 6.92 Å². The Morgan fingerprint density at radius 3 is 2.84 bits per heavy atom. The Morgan fingerprint density at radius 1 is 1.40 bits per heavy atom. The van der Waals surface area contributed by atoms with Gasteiger partial charge in [-0.05, 0) is 13.8 Å². The largest absolute Gasteiger partial charge is 0.356 e. The fourth-order valence-corrected chi connectivity index (χ4v) is 2.80. The van der Waals surface area contributed by atoms with E-state index in [1.807, 2.05) is 32.0 Å². The molecule has 1 amide bonds. The van der Waals surface area contributed by atoms with Crippen LogP contribution < -0.4 is 10.2 Å². The highest BCUT2D eigenvalue weighted by Gasteiger charge is 2.27. The van der Waals surface area contributed by atoms with Gasteiger partial charge in [0.25, 0.3) is 0 Å². The molecule has 2 N–H and O–H groups in total. The Hall–Kier alpha value is -2.84. The van der Waals surface area contributed by atoms with Gasteiger partial charge in [0.15, 0.2) is 5.96 Å². The Bertz CT molecular complexity index is 762. The lowest BCUT2D eigenvalue weighted by molar-refractivity contribution is -0.120. The van der Waals surface area contributed by atoms with Crippen LogP contribution in [-0.2, 0) is 18.4 Å². The minimum Gasteiger partial charge on any atom is -0.356 e. The van der Waals surface area contributed by atoms with Gasteiger partial charge in [-0.2, -0.15) is 10.2 Å². The van der Waals surface area contributed by atoms with Crippen LogP contribution in [0.2, 0.25) is 0 Å². The quantitative estimate of drug-likeness (QED) is 0.613. The van der Waals surface area contributed by atoms with Gasteiger partial charge in [0.2, 0.25) is 5.91 Å². The Labute approximate surface area is 146 Å². The van der Waals surface area contributed by atoms with Gasteiger partial charge in [-0.1, -0.05) is 0 Å². The molecule has 0 radical (unpaired) electrons. The number of anilines is 1. The number of guanidine groups is 1. The molecule has 0 aromatic carbocycles. The number of amides is 1. The first-order valence-electron chi connectivity index (χ1n) is 8.39. The first kappa shape index (κ1) is 17.0. The van der Waals surface area contributed by atoms with Crippen molar-refractivity contribution in [2.45, 2.75) is 20.4 Å². The average Bonchev–Trinajstić information content (AvgIpc) is 3.20. The maximum Gasteiger partial charge on any atom is 0.246 e. The van der Waals surface area contributed by atoms with E-state index in [0.717, 1.165) is 36.0 Å². The van der Waals surface area contributed by atoms with Crippen LogP contribution >= 0.6 is 0 Å². The van der Waals surface area contributed by atoms with E-state index >= 15 is 0 Å². The van der Waals surface area contributed by atoms with Gasteiger partial charge in [0, 0.05) is 44.1 Å². The molecule has 0 bridgehead atoms. The van der Waals surface area contributed by atoms with Gasteiger partial charge in [0.1, 0.15) is 6.54 Å². The first-order chi connectivity index (χ1) is 12.1. The third-order valence-corrected chi connectivity index (χ3v) is 4.19. The standard InChI is InChI=1S/C16H24N8O/c1-4-17-16(18-7-13-8-19-21-12(13)2)23-5-6-24(15(25)11-23)14-9-20-22(3)10-14/h8-10H,4-7,11H2,1-3H3,(H,17,18)(H,19,21). The van der Waals surface area contributed by atoms with Crippen molar-refractivity contribution in [2.75, 3.05) is 31.1 Å². The molecule has 25 heavy (non-hydrogen) atoms. The molecule has 1 saturated heterocycles. The molecule has 1 aliphatic rings. The van der Waals surface area contributed by atoms with Crippen LogP contribution in [0.25, 0.3) is 0 Å². The van der Waals surface area contributed by atoms with Gasteiger partial charge in [-0.3, -0.25) is 14.6 Å². The molecule has 0 atom stereocenters. The minimum atomic E-state index is 0.0457. The second-order valence-corrected chi connectivity index (χ2v) is 6.03. The molecule has 0 unspecified atom stereocenters. The van der Waals surface area contributed by atoms with Crippen molar-refractivity contribution >= 4 is 17.6 Å². The zero-order valence-electron chi connectivity index (χ0n) is 14.9. The monoisotopic (exact) mass is 344 g/mol. The van der Waals surface area contributed by atoms with Crippen LogP contribution in [0.15, 0.2) is 23.6 Å². The number of carbonyl (C=O) groups excluding carboxylic acids is 1. The third-order valence-electron chi connectivity index (χ3n) is 4.19. The van der Waals surface area contributed by atoms with E-state index in [4.69, 9.17) is 0 Å². The lowest BCUT2D eigenvalue weighted by atomic mass is 10.2. The van der Waals surface area contributed by atoms with E-state index in [2.05, 4.69) is 25.6 Å². The highest BCUT2D eigenvalue weighted by Crippen LogP contribution is 2.16. The molecule has 0 spiro atoms. The summed E-state index contributed by atoms with van der Waals surface area (Å²) in [5, 5.41) is 14.3. The Kier molecular flexibility index (Phi) is 5.01. The summed E-state index contributed by atoms with van der Waals surface area (Å²) in [6, 6.07) is 0. The minimum absolute atomic E-state index is 0.0457. The van der Waals surface area contributed by atoms with E-state index < -0.39 is 0 Å². The lowest BCUT2D eigenvalue weighted by Gasteiger charge is -2.35. The topological polar surface area (TPSA) is 94.4 Å². The van der Waals surface area contributed by atoms with Crippen LogP contribution in [0.1, 0.15) is 18.2 Å². The fourth-order valence-electron chi connectivity index (χ4n) is 2.80. The molecule has 3 rings (SSSR count). The number of hydrogen-bond acceptors (Lipinski definition) is 4. The molecule has 0 aliphatic carbocycles. The summed E-state index contributed by atoms with van der Waals surface area (Å²) in [5.41, 5.74) is 2.90. The van der Waals surface area contributed by atoms with Gasteiger partial charge in [-0.15, -0.1) is 0 Å². The van der Waals surface area contributed by atoms with E-state index in [0.29, 0.717) is 19.6 Å². The zero-order chi connectivity index (χ0) is 17.8. The third kappa shape index (κ3) is 3.81. The van der Waals surface area contributed by atoms with Crippen LogP contribution in [0.4, 0.5) is 5.69 Å². The molecule has 3 heterocycles. The molecule has 2 aromatic heterocycles. The molecular formula is C16H24N8O. The normalized spacial score (nSPS) is 15.8. The molecule has 1 fully saturated rings. The van der Waals surface area contributed by atoms with E-state index in [9.17, 15) is 4.79 Å². The summed E-state index contributed by atoms with van der Waals surface area (Å²) < 4.78 is 1.70. The Morgan fingerprint density at radius 2 is 2.24 bits per heavy atom. The molecule has 9 heteroatoms. The van der Waals surface area contributed by atoms with Gasteiger partial charge in [-0.25, -0.2) is 4.99 Å². The van der Waals surface area contributed by atoms with Crippen LogP contribution in [0.5, 0.6) is 0 Å². The second-order valence-electron chi connectivity index (χ2n) is 6.03. The van der Waals surface area contributed by atoms with Crippen molar-refractivity contribution in [3.05, 3.63) is 29.8 Å². The summed E-state index contributed by atoms with van der Waals surface area (Å²) in [4.78, 5) is 21.0. The summed E-state index contributed by atoms with van der Waals surface area (Å²) in [5.74, 6) is 0.798. The SMILES string of the molecule is CCNC(=NCc1cn[nH]c1C)N1CCN(c2cnn(C)c2)C(=O)C1. The van der Waals surface area contributed by atoms with Gasteiger partial charge in [0.05, 0.1) is 24.6 Å². The van der Waals surface area contributed by atoms with Crippen molar-refractivity contribution < 1.29 is 4.79 Å². The number of nitrogens with one attached hydrogen (secondary N) is 2. The number of aromatic nitrogens is 4. The predicted octanol–water partition coefficient (Wildman–Crippen LogP) is 0.266. The van der Waals surface area contributed by atoms with Crippen LogP contribution in [-0.4, -0.2) is 62.9 Å². The highest BCUT2D eigenvalue weighted by molar-refractivity contribution is 5.98. The number of aliphatic imine (C=N–C) groups is 1. The molecule has 0 saturated carbocycles. The Balaban J connectivity index is 1.69. The van der Waals surface area contributed by atoms with Crippen molar-refractivity contribution in [1.82, 2.24) is 30.2 Å². The molecule has 2 aromatic rings. The summed E-state index contributed by atoms with van der Waals surface area (Å²) in [6.07, 6.45) is 5.36. The number of carbonyl (C=O) groups is 1. The van der Waals surface area contributed by atoms with Crippen molar-refractivity contribution in [1.29, 1.82) is 0 Å². The molecule has 134 valence electrons. The summed E-state index contributed by atoms with van der Waals surface area (Å²) >= 11 is 0. The molecule has 1 aliphatic heterocycles. The van der Waals surface area contributed by atoms with Gasteiger partial charge < -0.3 is 15.1 Å². The summed E-state index contributed by atoms with van der Waals surface area (Å²) in [7, 11) is 1.85. The maximum atomic E-state index is 12.6. The first-order valence-corrected chi connectivity index (χ1v) is 8.39. The maximum absolute atomic E-state index is 12.6. The van der Waals surface area contributed by atoms with E-state index in [1.54, 1.807) is 22.0 Å². The molecule has 9 nitrogen and oxygen atoms in total. The van der Waals surface area contributed by atoms with Crippen LogP contribution in [0.3, 0.4) is 0 Å². The predicted molar refractivity (Wildman–Crippen MR) is 95.3 cm³/mol. The summed E-state index contributed by atoms with van der Waals surface area (Å²) in [6.45, 7) is 6.90. The smallest absolute Gasteiger partial charge is 0.246 e. The zero-order valence-corrected chi connectivity index (χ0v) is 14.9. The number of piperazine rings is 1. The van der Waals surface area contributed by atoms with E-state index in [-0.39, 0.29) is 5.91 Å². The number of hydrogen-bond donors (Lipinski definition) is 2. The van der Waals surface area contributed by atoms with Crippen molar-refractivity contribution in [3.63, 3.8) is 0 Å². The number of H-pyrrole nitrogens is 1. The lowest BCUT2D eigenvalue weighted by Crippen LogP contribution is -2.55. The van der Waals surface area contributed by atoms with Gasteiger partial charge >= 0.3 is 0 Å². The second kappa shape index (κ2) is 7.37. The number of aromatic amines is 1. The number of aryl methyl sites for hydroxylation is 2. The highest BCUT2D eigenvalue weighted by atomic mass is 16.2. The molecular weight excluding hydrogens is 320 g/mol. The van der Waals surface area contributed by atoms with Crippen molar-refractivity contribution in [3.8, 4) is 0 Å². The van der Waals surface area contributed by atoms with Crippen molar-refractivity contribution in [2.24, 2.45) is 12.0 Å². The fraction of sp³-hybridized carbons (Fsp3) is 0.500. The number of rotatable bonds is 4. The van der Waals surface area contributed by atoms with E-state index in [1.165, 1.54) is 0 Å². The number of nitrogens with zero attached hydrogens (tertiary/aromatic N) is 6.